The van der Waals surface area contributed by atoms with E-state index in [1.54, 1.807) is 0 Å². The summed E-state index contributed by atoms with van der Waals surface area (Å²) in [6, 6.07) is 9.88. The van der Waals surface area contributed by atoms with E-state index in [2.05, 4.69) is 40.9 Å². The second kappa shape index (κ2) is 26.1. The summed E-state index contributed by atoms with van der Waals surface area (Å²) >= 11 is 0. The molecule has 0 spiro atoms. The Kier molecular flexibility index (Phi) is 22.0. The van der Waals surface area contributed by atoms with Crippen LogP contribution in [0.3, 0.4) is 0 Å². The fourth-order valence-electron chi connectivity index (χ4n) is 5.45. The van der Waals surface area contributed by atoms with E-state index in [9.17, 15) is 9.59 Å². The van der Waals surface area contributed by atoms with E-state index in [1.165, 1.54) is 63.4 Å². The topological polar surface area (TPSA) is 96.1 Å². The molecule has 45 heavy (non-hydrogen) atoms. The predicted molar refractivity (Wildman–Crippen MR) is 189 cm³/mol. The lowest BCUT2D eigenvalue weighted by Crippen LogP contribution is -2.32. The Bertz CT molecular complexity index is 1120. The first-order chi connectivity index (χ1) is 22.1. The van der Waals surface area contributed by atoms with Crippen molar-refractivity contribution in [3.63, 3.8) is 0 Å². The molecule has 0 bridgehead atoms. The molecule has 0 aliphatic carbocycles. The number of carbonyl (C=O) groups is 1. The molecular formula is C38H60N4O3. The lowest BCUT2D eigenvalue weighted by atomic mass is 10.0. The number of hydrogen-bond acceptors (Lipinski definition) is 4. The van der Waals surface area contributed by atoms with Crippen molar-refractivity contribution >= 4 is 12.0 Å². The first-order valence-corrected chi connectivity index (χ1v) is 17.6. The number of urea groups is 1. The molecule has 7 nitrogen and oxygen atoms in total. The van der Waals surface area contributed by atoms with Crippen molar-refractivity contribution in [1.29, 1.82) is 0 Å². The number of unbranched alkanes of at least 4 members (excludes halogenated alkanes) is 15. The van der Waals surface area contributed by atoms with Crippen molar-refractivity contribution in [3.05, 3.63) is 82.8 Å². The number of aromatic nitrogens is 2. The molecule has 7 heteroatoms. The maximum absolute atomic E-state index is 13.1. The van der Waals surface area contributed by atoms with Crippen LogP contribution in [0.25, 0.3) is 0 Å². The van der Waals surface area contributed by atoms with Gasteiger partial charge in [-0.05, 0) is 69.8 Å². The molecule has 0 saturated heterocycles. The van der Waals surface area contributed by atoms with Gasteiger partial charge in [-0.25, -0.2) is 9.78 Å². The normalized spacial score (nSPS) is 10.9. The Morgan fingerprint density at radius 2 is 1.33 bits per heavy atom. The standard InChI is InChI=1S/C38H60N4O3/c1-3-5-7-9-11-13-14-16-22-28-34-35(29-23-19-25-31-45-32-33-26-20-18-21-27-33)40-37(41-36(34)43)42-38(44)39-30-24-17-15-12-10-8-6-4-2/h3-4,18,20-21,26-27H,1-2,5-17,19,22-25,28-32H2,(H3,39,40,41,42,43,44). The molecule has 0 atom stereocenters. The highest BCUT2D eigenvalue weighted by Crippen LogP contribution is 2.15. The van der Waals surface area contributed by atoms with Crippen LogP contribution in [-0.2, 0) is 24.2 Å². The van der Waals surface area contributed by atoms with Crippen molar-refractivity contribution < 1.29 is 9.53 Å². The summed E-state index contributed by atoms with van der Waals surface area (Å²) in [5.74, 6) is 0.226. The van der Waals surface area contributed by atoms with Gasteiger partial charge in [0.05, 0.1) is 12.3 Å². The van der Waals surface area contributed by atoms with E-state index in [4.69, 9.17) is 9.72 Å². The summed E-state index contributed by atoms with van der Waals surface area (Å²) < 4.78 is 5.83. The van der Waals surface area contributed by atoms with Gasteiger partial charge in [-0.3, -0.25) is 15.1 Å². The highest BCUT2D eigenvalue weighted by atomic mass is 16.5. The average Bonchev–Trinajstić information content (AvgIpc) is 3.04. The number of H-pyrrole nitrogens is 1. The molecule has 250 valence electrons. The van der Waals surface area contributed by atoms with Gasteiger partial charge in [0.25, 0.3) is 5.56 Å². The van der Waals surface area contributed by atoms with E-state index in [-0.39, 0.29) is 17.5 Å². The van der Waals surface area contributed by atoms with Crippen LogP contribution in [0.4, 0.5) is 10.7 Å². The molecule has 1 heterocycles. The summed E-state index contributed by atoms with van der Waals surface area (Å²) in [4.78, 5) is 33.2. The molecule has 0 aliphatic heterocycles. The Morgan fingerprint density at radius 1 is 0.756 bits per heavy atom. The van der Waals surface area contributed by atoms with Gasteiger partial charge in [0, 0.05) is 18.7 Å². The van der Waals surface area contributed by atoms with Gasteiger partial charge in [-0.15, -0.1) is 13.2 Å². The lowest BCUT2D eigenvalue weighted by molar-refractivity contribution is 0.117. The third kappa shape index (κ3) is 19.0. The number of carbonyl (C=O) groups excluding carboxylic acids is 1. The molecule has 1 aromatic carbocycles. The summed E-state index contributed by atoms with van der Waals surface area (Å²) in [7, 11) is 0. The van der Waals surface area contributed by atoms with E-state index < -0.39 is 0 Å². The van der Waals surface area contributed by atoms with Gasteiger partial charge in [-0.1, -0.05) is 107 Å². The monoisotopic (exact) mass is 620 g/mol. The van der Waals surface area contributed by atoms with E-state index in [1.807, 2.05) is 30.4 Å². The number of benzene rings is 1. The number of rotatable bonds is 28. The van der Waals surface area contributed by atoms with Crippen molar-refractivity contribution in [2.45, 2.75) is 135 Å². The molecule has 0 saturated carbocycles. The van der Waals surface area contributed by atoms with Crippen LogP contribution in [0.1, 0.15) is 132 Å². The second-order valence-corrected chi connectivity index (χ2v) is 12.1. The number of anilines is 1. The van der Waals surface area contributed by atoms with Gasteiger partial charge < -0.3 is 10.1 Å². The highest BCUT2D eigenvalue weighted by Gasteiger charge is 2.13. The molecular weight excluding hydrogens is 560 g/mol. The molecule has 0 fully saturated rings. The van der Waals surface area contributed by atoms with Crippen molar-refractivity contribution in [1.82, 2.24) is 15.3 Å². The quantitative estimate of drug-likeness (QED) is 0.0652. The number of hydrogen-bond donors (Lipinski definition) is 3. The van der Waals surface area contributed by atoms with Gasteiger partial charge in [0.15, 0.2) is 0 Å². The largest absolute Gasteiger partial charge is 0.377 e. The summed E-state index contributed by atoms with van der Waals surface area (Å²) in [6.45, 7) is 9.50. The van der Waals surface area contributed by atoms with E-state index >= 15 is 0 Å². The number of aromatic amines is 1. The van der Waals surface area contributed by atoms with Gasteiger partial charge in [0.2, 0.25) is 5.95 Å². The maximum atomic E-state index is 13.1. The Labute approximate surface area is 272 Å². The number of amides is 2. The molecule has 1 aromatic heterocycles. The van der Waals surface area contributed by atoms with Crippen LogP contribution in [0, 0.1) is 0 Å². The van der Waals surface area contributed by atoms with Crippen LogP contribution < -0.4 is 16.2 Å². The van der Waals surface area contributed by atoms with Crippen molar-refractivity contribution in [2.75, 3.05) is 18.5 Å². The lowest BCUT2D eigenvalue weighted by Gasteiger charge is -2.12. The fourth-order valence-corrected chi connectivity index (χ4v) is 5.45. The zero-order valence-corrected chi connectivity index (χ0v) is 27.9. The minimum Gasteiger partial charge on any atom is -0.377 e. The average molecular weight is 621 g/mol. The van der Waals surface area contributed by atoms with Crippen molar-refractivity contribution in [2.24, 2.45) is 0 Å². The SMILES string of the molecule is C=CCCCCCCCCCc1c(CCCCCOCc2ccccc2)nc(NC(=O)NCCCCCCCCC=C)[nH]c1=O. The second-order valence-electron chi connectivity index (χ2n) is 12.1. The highest BCUT2D eigenvalue weighted by molar-refractivity contribution is 5.87. The Morgan fingerprint density at radius 3 is 2.00 bits per heavy atom. The fraction of sp³-hybridized carbons (Fsp3) is 0.605. The number of allylic oxidation sites excluding steroid dienone is 2. The molecule has 2 aromatic rings. The number of aryl methyl sites for hydroxylation is 1. The molecule has 0 unspecified atom stereocenters. The molecule has 0 radical (unpaired) electrons. The maximum Gasteiger partial charge on any atom is 0.321 e. The molecule has 3 N–H and O–H groups in total. The minimum absolute atomic E-state index is 0.137. The molecule has 0 aliphatic rings. The first kappa shape index (κ1) is 38.0. The minimum atomic E-state index is -0.327. The third-order valence-electron chi connectivity index (χ3n) is 8.10. The Hall–Kier alpha value is -3.19. The summed E-state index contributed by atoms with van der Waals surface area (Å²) in [6.07, 6.45) is 25.6. The first-order valence-electron chi connectivity index (χ1n) is 17.6. The van der Waals surface area contributed by atoms with Gasteiger partial charge in [-0.2, -0.15) is 0 Å². The summed E-state index contributed by atoms with van der Waals surface area (Å²) in [5, 5.41) is 5.67. The molecule has 2 rings (SSSR count). The van der Waals surface area contributed by atoms with Crippen LogP contribution >= 0.6 is 0 Å². The summed E-state index contributed by atoms with van der Waals surface area (Å²) in [5.41, 5.74) is 2.62. The number of nitrogens with one attached hydrogen (secondary N) is 3. The predicted octanol–water partition coefficient (Wildman–Crippen LogP) is 9.59. The van der Waals surface area contributed by atoms with Crippen LogP contribution in [0.5, 0.6) is 0 Å². The zero-order valence-electron chi connectivity index (χ0n) is 27.9. The van der Waals surface area contributed by atoms with Crippen molar-refractivity contribution in [3.8, 4) is 0 Å². The van der Waals surface area contributed by atoms with Crippen LogP contribution in [0.15, 0.2) is 60.4 Å². The third-order valence-corrected chi connectivity index (χ3v) is 8.10. The molecule has 2 amide bonds. The van der Waals surface area contributed by atoms with E-state index in [0.717, 1.165) is 69.0 Å². The van der Waals surface area contributed by atoms with Gasteiger partial charge >= 0.3 is 6.03 Å². The number of nitrogens with zero attached hydrogens (tertiary/aromatic N) is 1. The van der Waals surface area contributed by atoms with Crippen LogP contribution in [-0.4, -0.2) is 29.2 Å². The van der Waals surface area contributed by atoms with Gasteiger partial charge in [0.1, 0.15) is 0 Å². The van der Waals surface area contributed by atoms with Crippen LogP contribution in [0.2, 0.25) is 0 Å². The zero-order chi connectivity index (χ0) is 32.2. The number of ether oxygens (including phenoxy) is 1. The van der Waals surface area contributed by atoms with E-state index in [0.29, 0.717) is 32.6 Å². The Balaban J connectivity index is 1.80. The smallest absolute Gasteiger partial charge is 0.321 e.